The summed E-state index contributed by atoms with van der Waals surface area (Å²) in [6, 6.07) is 0. The van der Waals surface area contributed by atoms with E-state index in [1.807, 2.05) is 0 Å². The number of nitrogens with zero attached hydrogens (tertiary/aromatic N) is 3. The summed E-state index contributed by atoms with van der Waals surface area (Å²) in [6.45, 7) is 3.00. The van der Waals surface area contributed by atoms with Crippen LogP contribution in [0.1, 0.15) is 4.88 Å². The van der Waals surface area contributed by atoms with Crippen molar-refractivity contribution in [3.05, 3.63) is 11.1 Å². The number of anilines is 1. The van der Waals surface area contributed by atoms with E-state index >= 15 is 0 Å². The van der Waals surface area contributed by atoms with Gasteiger partial charge in [0.15, 0.2) is 5.13 Å². The summed E-state index contributed by atoms with van der Waals surface area (Å²) in [7, 11) is 0. The molecule has 1 amide bonds. The van der Waals surface area contributed by atoms with Crippen LogP contribution in [0.4, 0.5) is 5.13 Å². The zero-order valence-electron chi connectivity index (χ0n) is 8.72. The number of aromatic nitrogens is 1. The fourth-order valence-corrected chi connectivity index (χ4v) is 2.38. The number of carbonyl (C=O) groups excluding carboxylic acids is 1. The second kappa shape index (κ2) is 4.48. The molecule has 1 aliphatic heterocycles. The van der Waals surface area contributed by atoms with Crippen LogP contribution in [-0.2, 0) is 4.79 Å². The second-order valence-electron chi connectivity index (χ2n) is 3.55. The highest BCUT2D eigenvalue weighted by molar-refractivity contribution is 7.17. The highest BCUT2D eigenvalue weighted by atomic mass is 32.1. The lowest BCUT2D eigenvalue weighted by atomic mass is 10.3. The molecule has 0 atom stereocenters. The minimum atomic E-state index is 0.0512. The normalized spacial score (nSPS) is 16.2. The lowest BCUT2D eigenvalue weighted by molar-refractivity contribution is -0.118. The van der Waals surface area contributed by atoms with Crippen molar-refractivity contribution in [3.8, 4) is 0 Å². The Bertz CT molecular complexity index is 396. The van der Waals surface area contributed by atoms with E-state index in [-0.39, 0.29) is 5.84 Å². The number of hydrogen-bond donors (Lipinski definition) is 2. The van der Waals surface area contributed by atoms with Gasteiger partial charge in [-0.15, -0.1) is 0 Å². The number of amides is 1. The molecule has 6 nitrogen and oxygen atoms in total. The maximum Gasteiger partial charge on any atom is 0.209 e. The first-order valence-electron chi connectivity index (χ1n) is 4.95. The summed E-state index contributed by atoms with van der Waals surface area (Å²) in [4.78, 5) is 19.3. The summed E-state index contributed by atoms with van der Waals surface area (Å²) < 4.78 is 0. The molecule has 0 spiro atoms. The second-order valence-corrected chi connectivity index (χ2v) is 4.56. The number of nitrogens with two attached hydrogens (primary N) is 1. The van der Waals surface area contributed by atoms with Gasteiger partial charge in [-0.25, -0.2) is 4.98 Å². The Hall–Kier alpha value is -1.63. The van der Waals surface area contributed by atoms with Gasteiger partial charge in [0.05, 0.1) is 11.1 Å². The first-order valence-corrected chi connectivity index (χ1v) is 5.77. The van der Waals surface area contributed by atoms with E-state index in [0.29, 0.717) is 4.88 Å². The van der Waals surface area contributed by atoms with E-state index in [9.17, 15) is 4.79 Å². The summed E-state index contributed by atoms with van der Waals surface area (Å²) in [5.74, 6) is 0.0512. The molecule has 2 heterocycles. The maximum absolute atomic E-state index is 10.5. The molecule has 16 heavy (non-hydrogen) atoms. The van der Waals surface area contributed by atoms with E-state index in [1.165, 1.54) is 11.3 Å². The van der Waals surface area contributed by atoms with Crippen LogP contribution in [0.25, 0.3) is 0 Å². The van der Waals surface area contributed by atoms with Gasteiger partial charge in [0.1, 0.15) is 5.84 Å². The Morgan fingerprint density at radius 1 is 1.50 bits per heavy atom. The van der Waals surface area contributed by atoms with Gasteiger partial charge in [-0.3, -0.25) is 10.2 Å². The van der Waals surface area contributed by atoms with Crippen LogP contribution in [0, 0.1) is 5.41 Å². The van der Waals surface area contributed by atoms with Crippen LogP contribution in [0.15, 0.2) is 6.20 Å². The van der Waals surface area contributed by atoms with Crippen molar-refractivity contribution in [2.24, 2.45) is 5.73 Å². The van der Waals surface area contributed by atoms with Gasteiger partial charge in [0.2, 0.25) is 6.41 Å². The Kier molecular flexibility index (Phi) is 3.04. The van der Waals surface area contributed by atoms with E-state index in [0.717, 1.165) is 37.7 Å². The molecule has 0 aliphatic carbocycles. The van der Waals surface area contributed by atoms with Gasteiger partial charge in [0.25, 0.3) is 0 Å². The van der Waals surface area contributed by atoms with E-state index < -0.39 is 0 Å². The molecule has 1 aliphatic rings. The molecule has 0 unspecified atom stereocenters. The van der Waals surface area contributed by atoms with Crippen LogP contribution in [0.3, 0.4) is 0 Å². The van der Waals surface area contributed by atoms with Crippen molar-refractivity contribution in [3.63, 3.8) is 0 Å². The minimum absolute atomic E-state index is 0.0512. The number of nitrogen functional groups attached to an aromatic ring is 1. The Morgan fingerprint density at radius 3 is 2.69 bits per heavy atom. The van der Waals surface area contributed by atoms with Crippen molar-refractivity contribution in [1.29, 1.82) is 5.41 Å². The summed E-state index contributed by atoms with van der Waals surface area (Å²) >= 11 is 1.41. The molecule has 86 valence electrons. The SMILES string of the molecule is N=C(N)c1cnc(N2CCN(C=O)CC2)s1. The van der Waals surface area contributed by atoms with Gasteiger partial charge in [0, 0.05) is 26.2 Å². The fraction of sp³-hybridized carbons (Fsp3) is 0.444. The molecule has 1 aromatic rings. The predicted octanol–water partition coefficient (Wildman–Crippen LogP) is -0.294. The topological polar surface area (TPSA) is 86.3 Å². The average Bonchev–Trinajstić information content (AvgIpc) is 2.78. The van der Waals surface area contributed by atoms with Crippen LogP contribution < -0.4 is 10.6 Å². The molecule has 0 bridgehead atoms. The smallest absolute Gasteiger partial charge is 0.209 e. The van der Waals surface area contributed by atoms with Crippen LogP contribution in [0.2, 0.25) is 0 Å². The number of nitrogens with one attached hydrogen (secondary N) is 1. The van der Waals surface area contributed by atoms with Crippen molar-refractivity contribution >= 4 is 28.7 Å². The van der Waals surface area contributed by atoms with Crippen LogP contribution >= 0.6 is 11.3 Å². The number of thiazole rings is 1. The molecule has 1 aromatic heterocycles. The lowest BCUT2D eigenvalue weighted by Gasteiger charge is -2.32. The van der Waals surface area contributed by atoms with Gasteiger partial charge in [-0.05, 0) is 0 Å². The van der Waals surface area contributed by atoms with Crippen molar-refractivity contribution in [2.75, 3.05) is 31.1 Å². The zero-order valence-corrected chi connectivity index (χ0v) is 9.54. The van der Waals surface area contributed by atoms with Crippen molar-refractivity contribution in [1.82, 2.24) is 9.88 Å². The Balaban J connectivity index is 2.02. The van der Waals surface area contributed by atoms with Gasteiger partial charge in [-0.2, -0.15) is 0 Å². The Morgan fingerprint density at radius 2 is 2.19 bits per heavy atom. The number of piperazine rings is 1. The quantitative estimate of drug-likeness (QED) is 0.431. The summed E-state index contributed by atoms with van der Waals surface area (Å²) in [5.41, 5.74) is 5.38. The molecule has 1 fully saturated rings. The molecule has 0 saturated carbocycles. The lowest BCUT2D eigenvalue weighted by Crippen LogP contribution is -2.45. The first-order chi connectivity index (χ1) is 7.70. The van der Waals surface area contributed by atoms with E-state index in [2.05, 4.69) is 9.88 Å². The first kappa shape index (κ1) is 10.9. The molecular formula is C9H13N5OS. The monoisotopic (exact) mass is 239 g/mol. The van der Waals surface area contributed by atoms with E-state index in [4.69, 9.17) is 11.1 Å². The Labute approximate surface area is 97.2 Å². The number of carbonyl (C=O) groups is 1. The molecule has 1 saturated heterocycles. The molecule has 2 rings (SSSR count). The summed E-state index contributed by atoms with van der Waals surface area (Å²) in [6.07, 6.45) is 2.49. The highest BCUT2D eigenvalue weighted by Gasteiger charge is 2.18. The molecular weight excluding hydrogens is 226 g/mol. The molecule has 0 aromatic carbocycles. The molecule has 7 heteroatoms. The van der Waals surface area contributed by atoms with Gasteiger partial charge >= 0.3 is 0 Å². The average molecular weight is 239 g/mol. The maximum atomic E-state index is 10.5. The molecule has 0 radical (unpaired) electrons. The van der Waals surface area contributed by atoms with Gasteiger partial charge < -0.3 is 15.5 Å². The largest absolute Gasteiger partial charge is 0.383 e. The van der Waals surface area contributed by atoms with Crippen LogP contribution in [-0.4, -0.2) is 48.3 Å². The number of amidine groups is 1. The van der Waals surface area contributed by atoms with Crippen molar-refractivity contribution < 1.29 is 4.79 Å². The third kappa shape index (κ3) is 2.13. The standard InChI is InChI=1S/C9H13N5OS/c10-8(11)7-5-12-9(16-7)14-3-1-13(6-15)2-4-14/h5-6H,1-4H2,(H3,10,11). The third-order valence-corrected chi connectivity index (χ3v) is 3.58. The minimum Gasteiger partial charge on any atom is -0.383 e. The number of hydrogen-bond acceptors (Lipinski definition) is 5. The predicted molar refractivity (Wildman–Crippen MR) is 63.0 cm³/mol. The summed E-state index contributed by atoms with van der Waals surface area (Å²) in [5, 5.41) is 8.17. The van der Waals surface area contributed by atoms with Crippen LogP contribution in [0.5, 0.6) is 0 Å². The zero-order chi connectivity index (χ0) is 11.5. The third-order valence-electron chi connectivity index (χ3n) is 2.49. The fourth-order valence-electron chi connectivity index (χ4n) is 1.55. The van der Waals surface area contributed by atoms with Gasteiger partial charge in [-0.1, -0.05) is 11.3 Å². The van der Waals surface area contributed by atoms with E-state index in [1.54, 1.807) is 11.1 Å². The number of rotatable bonds is 3. The highest BCUT2D eigenvalue weighted by Crippen LogP contribution is 2.22. The van der Waals surface area contributed by atoms with Crippen molar-refractivity contribution in [2.45, 2.75) is 0 Å². The molecule has 3 N–H and O–H groups in total.